The minimum atomic E-state index is 0. The average molecular weight is 236 g/mol. The zero-order chi connectivity index (χ0) is 5.86. The highest BCUT2D eigenvalue weighted by molar-refractivity contribution is 9.12. The lowest BCUT2D eigenvalue weighted by Gasteiger charge is -1.82. The minimum absolute atomic E-state index is 0. The van der Waals surface area contributed by atoms with E-state index >= 15 is 0 Å². The van der Waals surface area contributed by atoms with Crippen molar-refractivity contribution in [2.75, 3.05) is 0 Å². The molecule has 0 heterocycles. The number of halogens is 3. The topological polar surface area (TPSA) is 17.1 Å². The van der Waals surface area contributed by atoms with Crippen LogP contribution in [0.15, 0.2) is 10.6 Å². The molecule has 0 saturated carbocycles. The summed E-state index contributed by atoms with van der Waals surface area (Å²) in [5.41, 5.74) is 0. The monoisotopic (exact) mass is 234 g/mol. The van der Waals surface area contributed by atoms with Crippen molar-refractivity contribution in [2.24, 2.45) is 0 Å². The third-order valence-electron chi connectivity index (χ3n) is 0.590. The minimum Gasteiger partial charge on any atom is -0.294 e. The smallest absolute Gasteiger partial charge is 0.166 e. The Morgan fingerprint density at radius 2 is 1.78 bits per heavy atom. The molecule has 1 nitrogen and oxygen atoms in total. The summed E-state index contributed by atoms with van der Waals surface area (Å²) >= 11 is 3.05. The molecule has 4 heteroatoms. The number of carbonyl (C=O) groups is 1. The van der Waals surface area contributed by atoms with E-state index in [4.69, 9.17) is 0 Å². The molecule has 0 fully saturated rings. The van der Waals surface area contributed by atoms with E-state index in [9.17, 15) is 4.79 Å². The van der Waals surface area contributed by atoms with E-state index in [0.29, 0.717) is 4.48 Å². The Bertz CT molecular complexity index is 112. The van der Waals surface area contributed by atoms with E-state index in [0.717, 1.165) is 0 Å². The molecular formula is C5H9BrCl2O. The summed E-state index contributed by atoms with van der Waals surface area (Å²) < 4.78 is 0.646. The molecule has 0 atom stereocenters. The van der Waals surface area contributed by atoms with Gasteiger partial charge in [0.1, 0.15) is 0 Å². The molecule has 0 bridgehead atoms. The second kappa shape index (κ2) is 8.47. The largest absolute Gasteiger partial charge is 0.294 e. The van der Waals surface area contributed by atoms with Crippen molar-refractivity contribution in [3.63, 3.8) is 0 Å². The van der Waals surface area contributed by atoms with Crippen LogP contribution in [0, 0.1) is 0 Å². The summed E-state index contributed by atoms with van der Waals surface area (Å²) in [5, 5.41) is 0. The van der Waals surface area contributed by atoms with Crippen LogP contribution in [0.2, 0.25) is 0 Å². The molecule has 0 aliphatic carbocycles. The molecule has 56 valence electrons. The SMILES string of the molecule is CC=C(Br)C(C)=O.Cl.Cl. The summed E-state index contributed by atoms with van der Waals surface area (Å²) in [6.45, 7) is 3.33. The van der Waals surface area contributed by atoms with Gasteiger partial charge in [-0.1, -0.05) is 6.08 Å². The Kier molecular flexibility index (Phi) is 15.3. The summed E-state index contributed by atoms with van der Waals surface area (Å²) in [6.07, 6.45) is 1.72. The summed E-state index contributed by atoms with van der Waals surface area (Å²) in [6, 6.07) is 0. The predicted molar refractivity (Wildman–Crippen MR) is 47.9 cm³/mol. The van der Waals surface area contributed by atoms with Gasteiger partial charge in [0.25, 0.3) is 0 Å². The first-order valence-electron chi connectivity index (χ1n) is 2.01. The van der Waals surface area contributed by atoms with Gasteiger partial charge in [-0.25, -0.2) is 0 Å². The van der Waals surface area contributed by atoms with Crippen LogP contribution in [0.25, 0.3) is 0 Å². The van der Waals surface area contributed by atoms with Crippen LogP contribution in [-0.2, 0) is 4.79 Å². The molecule has 0 N–H and O–H groups in total. The maximum atomic E-state index is 10.3. The lowest BCUT2D eigenvalue weighted by atomic mass is 10.4. The average Bonchev–Trinajstić information content (AvgIpc) is 1.65. The number of rotatable bonds is 1. The van der Waals surface area contributed by atoms with E-state index in [2.05, 4.69) is 15.9 Å². The van der Waals surface area contributed by atoms with Crippen LogP contribution < -0.4 is 0 Å². The Morgan fingerprint density at radius 1 is 1.44 bits per heavy atom. The third-order valence-corrected chi connectivity index (χ3v) is 1.61. The first-order chi connectivity index (χ1) is 3.18. The van der Waals surface area contributed by atoms with E-state index in [1.165, 1.54) is 6.92 Å². The predicted octanol–water partition coefficient (Wildman–Crippen LogP) is 2.72. The highest BCUT2D eigenvalue weighted by Crippen LogP contribution is 2.03. The molecule has 0 aromatic carbocycles. The molecule has 9 heavy (non-hydrogen) atoms. The van der Waals surface area contributed by atoms with E-state index in [1.54, 1.807) is 6.08 Å². The fourth-order valence-electron chi connectivity index (χ4n) is 0.203. The van der Waals surface area contributed by atoms with Crippen LogP contribution in [0.1, 0.15) is 13.8 Å². The number of carbonyl (C=O) groups excluding carboxylic acids is 1. The first kappa shape index (κ1) is 16.2. The Morgan fingerprint density at radius 3 is 1.78 bits per heavy atom. The number of Topliss-reactive ketones (excluding diaryl/α,β-unsaturated/α-hetero) is 1. The summed E-state index contributed by atoms with van der Waals surface area (Å²) in [5.74, 6) is 0.0718. The highest BCUT2D eigenvalue weighted by Gasteiger charge is 1.91. The second-order valence-corrected chi connectivity index (χ2v) is 2.05. The molecule has 0 spiro atoms. The van der Waals surface area contributed by atoms with Gasteiger partial charge in [0, 0.05) is 0 Å². The Hall–Kier alpha value is 0.470. The van der Waals surface area contributed by atoms with Gasteiger partial charge in [-0.05, 0) is 29.8 Å². The maximum absolute atomic E-state index is 10.3. The van der Waals surface area contributed by atoms with Crippen LogP contribution in [0.3, 0.4) is 0 Å². The number of hydrogen-bond donors (Lipinski definition) is 0. The lowest BCUT2D eigenvalue weighted by molar-refractivity contribution is -0.112. The van der Waals surface area contributed by atoms with Gasteiger partial charge in [-0.3, -0.25) is 4.79 Å². The third kappa shape index (κ3) is 8.47. The summed E-state index contributed by atoms with van der Waals surface area (Å²) in [4.78, 5) is 10.3. The van der Waals surface area contributed by atoms with Crippen molar-refractivity contribution in [1.82, 2.24) is 0 Å². The van der Waals surface area contributed by atoms with E-state index in [1.807, 2.05) is 6.92 Å². The molecule has 0 aliphatic heterocycles. The molecule has 0 aromatic heterocycles. The quantitative estimate of drug-likeness (QED) is 0.639. The normalized spacial score (nSPS) is 9.00. The Balaban J connectivity index is -0.000000180. The van der Waals surface area contributed by atoms with E-state index < -0.39 is 0 Å². The van der Waals surface area contributed by atoms with E-state index in [-0.39, 0.29) is 30.6 Å². The van der Waals surface area contributed by atoms with Crippen LogP contribution >= 0.6 is 40.7 Å². The van der Waals surface area contributed by atoms with Gasteiger partial charge in [0.15, 0.2) is 5.78 Å². The molecule has 0 saturated heterocycles. The fourth-order valence-corrected chi connectivity index (χ4v) is 0.203. The van der Waals surface area contributed by atoms with Crippen LogP contribution in [0.4, 0.5) is 0 Å². The maximum Gasteiger partial charge on any atom is 0.166 e. The van der Waals surface area contributed by atoms with Gasteiger partial charge in [-0.15, -0.1) is 24.8 Å². The number of hydrogen-bond acceptors (Lipinski definition) is 1. The zero-order valence-electron chi connectivity index (χ0n) is 5.18. The van der Waals surface area contributed by atoms with Crippen molar-refractivity contribution in [2.45, 2.75) is 13.8 Å². The van der Waals surface area contributed by atoms with Crippen molar-refractivity contribution >= 4 is 46.5 Å². The summed E-state index contributed by atoms with van der Waals surface area (Å²) in [7, 11) is 0. The second-order valence-electron chi connectivity index (χ2n) is 1.19. The Labute approximate surface area is 75.8 Å². The van der Waals surface area contributed by atoms with Crippen molar-refractivity contribution in [1.29, 1.82) is 0 Å². The standard InChI is InChI=1S/C5H7BrO.2ClH/c1-3-5(6)4(2)7;;/h3H,1-2H3;2*1H. The van der Waals surface area contributed by atoms with Gasteiger partial charge < -0.3 is 0 Å². The zero-order valence-corrected chi connectivity index (χ0v) is 8.40. The molecule has 0 rings (SSSR count). The van der Waals surface area contributed by atoms with Crippen molar-refractivity contribution in [3.8, 4) is 0 Å². The molecule has 0 aromatic rings. The molecular weight excluding hydrogens is 227 g/mol. The number of allylic oxidation sites excluding steroid dienone is 2. The highest BCUT2D eigenvalue weighted by atomic mass is 79.9. The molecule has 0 unspecified atom stereocenters. The van der Waals surface area contributed by atoms with Gasteiger partial charge >= 0.3 is 0 Å². The molecule has 0 amide bonds. The van der Waals surface area contributed by atoms with Crippen molar-refractivity contribution < 1.29 is 4.79 Å². The van der Waals surface area contributed by atoms with Crippen LogP contribution in [-0.4, -0.2) is 5.78 Å². The van der Waals surface area contributed by atoms with Crippen LogP contribution in [0.5, 0.6) is 0 Å². The van der Waals surface area contributed by atoms with Gasteiger partial charge in [-0.2, -0.15) is 0 Å². The molecule has 0 radical (unpaired) electrons. The van der Waals surface area contributed by atoms with Crippen molar-refractivity contribution in [3.05, 3.63) is 10.6 Å². The number of ketones is 1. The molecule has 0 aliphatic rings. The first-order valence-corrected chi connectivity index (χ1v) is 2.80. The van der Waals surface area contributed by atoms with Gasteiger partial charge in [0.05, 0.1) is 4.48 Å². The lowest BCUT2D eigenvalue weighted by Crippen LogP contribution is -1.85. The van der Waals surface area contributed by atoms with Gasteiger partial charge in [0.2, 0.25) is 0 Å². The fraction of sp³-hybridized carbons (Fsp3) is 0.400.